The number of aliphatic hydroxyl groups is 1. The third-order valence-electron chi connectivity index (χ3n) is 0.514. The normalized spacial score (nSPS) is 10.6. The molecule has 6 heteroatoms. The van der Waals surface area contributed by atoms with E-state index in [-0.39, 0.29) is 6.41 Å². The quantitative estimate of drug-likeness (QED) is 0.323. The Labute approximate surface area is 57.4 Å². The summed E-state index contributed by atoms with van der Waals surface area (Å²) in [6, 6.07) is -1.13. The lowest BCUT2D eigenvalue weighted by atomic mass is 10.3. The van der Waals surface area contributed by atoms with Crippen LogP contribution in [0.5, 0.6) is 0 Å². The number of aliphatic carboxylic acids is 1. The van der Waals surface area contributed by atoms with Gasteiger partial charge in [0.25, 0.3) is 0 Å². The average molecular weight is 150 g/mol. The van der Waals surface area contributed by atoms with Crippen LogP contribution in [-0.4, -0.2) is 35.2 Å². The summed E-state index contributed by atoms with van der Waals surface area (Å²) in [5.41, 5.74) is 8.93. The highest BCUT2D eigenvalue weighted by Gasteiger charge is 2.06. The number of aliphatic hydroxyl groups excluding tert-OH is 1. The first-order chi connectivity index (χ1) is 4.59. The second kappa shape index (κ2) is 7.86. The summed E-state index contributed by atoms with van der Waals surface area (Å²) in [5.74, 6) is -1.18. The summed E-state index contributed by atoms with van der Waals surface area (Å²) in [6.07, 6.45) is 0.250. The maximum Gasteiger partial charge on any atom is 0.322 e. The van der Waals surface area contributed by atoms with Crippen LogP contribution in [0, 0.1) is 0 Å². The molecule has 1 atom stereocenters. The van der Waals surface area contributed by atoms with E-state index in [1.807, 2.05) is 0 Å². The Bertz CT molecular complexity index is 105. The Morgan fingerprint density at radius 1 is 1.70 bits per heavy atom. The van der Waals surface area contributed by atoms with Crippen molar-refractivity contribution in [2.24, 2.45) is 11.5 Å². The Balaban J connectivity index is 0. The topological polar surface area (TPSA) is 127 Å². The van der Waals surface area contributed by atoms with Gasteiger partial charge in [-0.05, 0) is 0 Å². The van der Waals surface area contributed by atoms with E-state index >= 15 is 0 Å². The molecule has 0 fully saturated rings. The molecule has 0 aliphatic rings. The monoisotopic (exact) mass is 150 g/mol. The highest BCUT2D eigenvalue weighted by atomic mass is 16.4. The van der Waals surface area contributed by atoms with Crippen LogP contribution in [-0.2, 0) is 9.59 Å². The number of nitrogens with two attached hydrogens (primary N) is 2. The summed E-state index contributed by atoms with van der Waals surface area (Å²) in [5, 5.41) is 15.9. The molecule has 6 N–H and O–H groups in total. The zero-order valence-corrected chi connectivity index (χ0v) is 5.23. The minimum atomic E-state index is -1.18. The van der Waals surface area contributed by atoms with Gasteiger partial charge in [0.2, 0.25) is 6.41 Å². The molecule has 0 aromatic carbocycles. The van der Waals surface area contributed by atoms with E-state index in [1.165, 1.54) is 0 Å². The lowest BCUT2D eigenvalue weighted by molar-refractivity contribution is -0.139. The highest BCUT2D eigenvalue weighted by Crippen LogP contribution is 1.71. The Kier molecular flexibility index (Phi) is 9.14. The largest absolute Gasteiger partial charge is 0.480 e. The van der Waals surface area contributed by atoms with Crippen LogP contribution in [0.3, 0.4) is 0 Å². The lowest BCUT2D eigenvalue weighted by Gasteiger charge is -1.96. The van der Waals surface area contributed by atoms with Crippen LogP contribution in [0.4, 0.5) is 0 Å². The number of carbonyl (C=O) groups excluding carboxylic acids is 1. The fraction of sp³-hybridized carbons (Fsp3) is 0.500. The summed E-state index contributed by atoms with van der Waals surface area (Å²) in [6.45, 7) is -0.505. The second-order valence-electron chi connectivity index (χ2n) is 1.26. The fourth-order valence-electron chi connectivity index (χ4n) is 0.0781. The van der Waals surface area contributed by atoms with Gasteiger partial charge < -0.3 is 21.7 Å². The molecule has 1 amide bonds. The third-order valence-corrected chi connectivity index (χ3v) is 0.514. The predicted octanol–water partition coefficient (Wildman–Crippen LogP) is -2.51. The number of primary amides is 1. The Morgan fingerprint density at radius 2 is 2.00 bits per heavy atom. The van der Waals surface area contributed by atoms with Crippen molar-refractivity contribution >= 4 is 12.4 Å². The first-order valence-corrected chi connectivity index (χ1v) is 2.34. The molecule has 0 aromatic rings. The molecule has 0 saturated heterocycles. The number of hydrogen-bond acceptors (Lipinski definition) is 4. The van der Waals surface area contributed by atoms with Crippen molar-refractivity contribution in [3.05, 3.63) is 0 Å². The van der Waals surface area contributed by atoms with Crippen molar-refractivity contribution < 1.29 is 19.8 Å². The molecule has 60 valence electrons. The molecule has 0 bridgehead atoms. The van der Waals surface area contributed by atoms with Gasteiger partial charge in [0.05, 0.1) is 6.61 Å². The van der Waals surface area contributed by atoms with E-state index < -0.39 is 18.6 Å². The number of hydrogen-bond donors (Lipinski definition) is 4. The minimum absolute atomic E-state index is 0.250. The van der Waals surface area contributed by atoms with Gasteiger partial charge in [-0.15, -0.1) is 0 Å². The van der Waals surface area contributed by atoms with Crippen LogP contribution in [0.25, 0.3) is 0 Å². The number of rotatable bonds is 2. The van der Waals surface area contributed by atoms with E-state index in [1.54, 1.807) is 0 Å². The lowest BCUT2D eigenvalue weighted by Crippen LogP contribution is -2.33. The van der Waals surface area contributed by atoms with Crippen molar-refractivity contribution in [2.75, 3.05) is 6.61 Å². The second-order valence-corrected chi connectivity index (χ2v) is 1.26. The molecule has 6 nitrogen and oxygen atoms in total. The van der Waals surface area contributed by atoms with Gasteiger partial charge in [-0.3, -0.25) is 9.59 Å². The standard InChI is InChI=1S/C3H7NO3.CH3NO/c4-2(1-5)3(6)7;2-1-3/h2,5H,1,4H2,(H,6,7);1H,(H2,2,3)/t2-;/m0./s1. The van der Waals surface area contributed by atoms with Crippen molar-refractivity contribution in [1.82, 2.24) is 0 Å². The summed E-state index contributed by atoms with van der Waals surface area (Å²) in [4.78, 5) is 18.2. The van der Waals surface area contributed by atoms with Gasteiger partial charge in [-0.1, -0.05) is 0 Å². The first-order valence-electron chi connectivity index (χ1n) is 2.34. The minimum Gasteiger partial charge on any atom is -0.480 e. The Hall–Kier alpha value is -1.14. The molecule has 0 aromatic heterocycles. The number of carboxylic acid groups (broad SMARTS) is 1. The molecule has 0 unspecified atom stereocenters. The smallest absolute Gasteiger partial charge is 0.322 e. The molecule has 0 aliphatic carbocycles. The van der Waals surface area contributed by atoms with Crippen LogP contribution in [0.1, 0.15) is 0 Å². The van der Waals surface area contributed by atoms with Gasteiger partial charge >= 0.3 is 5.97 Å². The van der Waals surface area contributed by atoms with E-state index in [9.17, 15) is 4.79 Å². The molecular formula is C4H10N2O4. The maximum atomic E-state index is 9.65. The summed E-state index contributed by atoms with van der Waals surface area (Å²) in [7, 11) is 0. The average Bonchev–Trinajstić information content (AvgIpc) is 1.88. The van der Waals surface area contributed by atoms with E-state index in [0.717, 1.165) is 0 Å². The first kappa shape index (κ1) is 11.6. The molecular weight excluding hydrogens is 140 g/mol. The molecule has 0 rings (SSSR count). The summed E-state index contributed by atoms with van der Waals surface area (Å²) < 4.78 is 0. The SMILES string of the molecule is NC=O.N[C@@H](CO)C(=O)O. The molecule has 10 heavy (non-hydrogen) atoms. The zero-order valence-electron chi connectivity index (χ0n) is 5.23. The van der Waals surface area contributed by atoms with Crippen LogP contribution >= 0.6 is 0 Å². The van der Waals surface area contributed by atoms with Gasteiger partial charge in [0, 0.05) is 0 Å². The number of amides is 1. The van der Waals surface area contributed by atoms with Gasteiger partial charge in [0.15, 0.2) is 0 Å². The van der Waals surface area contributed by atoms with Crippen molar-refractivity contribution in [2.45, 2.75) is 6.04 Å². The fourth-order valence-corrected chi connectivity index (χ4v) is 0.0781. The maximum absolute atomic E-state index is 9.65. The highest BCUT2D eigenvalue weighted by molar-refractivity contribution is 5.73. The molecule has 0 aliphatic heterocycles. The van der Waals surface area contributed by atoms with Gasteiger partial charge in [-0.2, -0.15) is 0 Å². The molecule has 0 radical (unpaired) electrons. The van der Waals surface area contributed by atoms with Crippen LogP contribution < -0.4 is 11.5 Å². The zero-order chi connectivity index (χ0) is 8.57. The molecule has 0 heterocycles. The van der Waals surface area contributed by atoms with Crippen molar-refractivity contribution in [3.8, 4) is 0 Å². The van der Waals surface area contributed by atoms with Gasteiger partial charge in [-0.25, -0.2) is 0 Å². The van der Waals surface area contributed by atoms with Crippen molar-refractivity contribution in [3.63, 3.8) is 0 Å². The van der Waals surface area contributed by atoms with E-state index in [0.29, 0.717) is 0 Å². The number of carboxylic acids is 1. The molecule has 0 spiro atoms. The predicted molar refractivity (Wildman–Crippen MR) is 32.9 cm³/mol. The van der Waals surface area contributed by atoms with E-state index in [4.69, 9.17) is 20.7 Å². The van der Waals surface area contributed by atoms with Crippen molar-refractivity contribution in [1.29, 1.82) is 0 Å². The summed E-state index contributed by atoms with van der Waals surface area (Å²) >= 11 is 0. The number of carbonyl (C=O) groups is 2. The van der Waals surface area contributed by atoms with Gasteiger partial charge in [0.1, 0.15) is 6.04 Å². The Morgan fingerprint density at radius 3 is 2.00 bits per heavy atom. The van der Waals surface area contributed by atoms with Crippen LogP contribution in [0.15, 0.2) is 0 Å². The third kappa shape index (κ3) is 9.97. The molecule has 0 saturated carbocycles. The van der Waals surface area contributed by atoms with Crippen LogP contribution in [0.2, 0.25) is 0 Å². The van der Waals surface area contributed by atoms with E-state index in [2.05, 4.69) is 5.73 Å².